The summed E-state index contributed by atoms with van der Waals surface area (Å²) in [4.78, 5) is 5.12. The SMILES string of the molecule is Clc1ccc(OCCN2CCN(C3CCNC3)CC2)c(Br)c1. The topological polar surface area (TPSA) is 27.7 Å². The zero-order valence-corrected chi connectivity index (χ0v) is 15.1. The van der Waals surface area contributed by atoms with Crippen molar-refractivity contribution in [2.75, 3.05) is 52.4 Å². The van der Waals surface area contributed by atoms with E-state index in [1.54, 1.807) is 0 Å². The number of nitrogens with one attached hydrogen (secondary N) is 1. The number of benzene rings is 1. The molecule has 2 fully saturated rings. The van der Waals surface area contributed by atoms with Gasteiger partial charge in [-0.15, -0.1) is 0 Å². The number of rotatable bonds is 5. The molecule has 4 nitrogen and oxygen atoms in total. The summed E-state index contributed by atoms with van der Waals surface area (Å²) in [5.74, 6) is 0.861. The molecule has 0 amide bonds. The van der Waals surface area contributed by atoms with E-state index in [1.807, 2.05) is 18.2 Å². The normalized spacial score (nSPS) is 23.8. The van der Waals surface area contributed by atoms with Gasteiger partial charge in [0.25, 0.3) is 0 Å². The van der Waals surface area contributed by atoms with E-state index in [9.17, 15) is 0 Å². The molecule has 122 valence electrons. The first-order valence-electron chi connectivity index (χ1n) is 7.97. The molecule has 6 heteroatoms. The zero-order valence-electron chi connectivity index (χ0n) is 12.7. The zero-order chi connectivity index (χ0) is 15.4. The van der Waals surface area contributed by atoms with Gasteiger partial charge < -0.3 is 10.1 Å². The number of nitrogens with zero attached hydrogens (tertiary/aromatic N) is 2. The van der Waals surface area contributed by atoms with E-state index in [1.165, 1.54) is 26.1 Å². The van der Waals surface area contributed by atoms with E-state index in [-0.39, 0.29) is 0 Å². The predicted octanol–water partition coefficient (Wildman–Crippen LogP) is 2.46. The van der Waals surface area contributed by atoms with Crippen molar-refractivity contribution in [2.45, 2.75) is 12.5 Å². The molecule has 22 heavy (non-hydrogen) atoms. The third-order valence-corrected chi connectivity index (χ3v) is 5.37. The largest absolute Gasteiger partial charge is 0.491 e. The molecule has 0 aromatic heterocycles. The van der Waals surface area contributed by atoms with E-state index in [2.05, 4.69) is 31.0 Å². The molecule has 2 heterocycles. The Morgan fingerprint density at radius 1 is 1.27 bits per heavy atom. The fourth-order valence-corrected chi connectivity index (χ4v) is 3.98. The molecule has 1 aromatic rings. The van der Waals surface area contributed by atoms with Crippen LogP contribution in [0, 0.1) is 0 Å². The third kappa shape index (κ3) is 4.36. The molecule has 0 bridgehead atoms. The number of piperazine rings is 1. The van der Waals surface area contributed by atoms with Gasteiger partial charge in [-0.1, -0.05) is 11.6 Å². The fourth-order valence-electron chi connectivity index (χ4n) is 3.18. The van der Waals surface area contributed by atoms with Crippen molar-refractivity contribution in [1.82, 2.24) is 15.1 Å². The highest BCUT2D eigenvalue weighted by atomic mass is 79.9. The van der Waals surface area contributed by atoms with Gasteiger partial charge in [0.1, 0.15) is 12.4 Å². The van der Waals surface area contributed by atoms with Gasteiger partial charge in [-0.05, 0) is 47.1 Å². The highest BCUT2D eigenvalue weighted by molar-refractivity contribution is 9.10. The lowest BCUT2D eigenvalue weighted by Crippen LogP contribution is -2.51. The quantitative estimate of drug-likeness (QED) is 0.838. The molecule has 2 saturated heterocycles. The van der Waals surface area contributed by atoms with Crippen molar-refractivity contribution < 1.29 is 4.74 Å². The molecular formula is C16H23BrClN3O. The Morgan fingerprint density at radius 2 is 2.09 bits per heavy atom. The van der Waals surface area contributed by atoms with Crippen molar-refractivity contribution in [3.8, 4) is 5.75 Å². The van der Waals surface area contributed by atoms with Crippen LogP contribution in [0.5, 0.6) is 5.75 Å². The Labute approximate surface area is 145 Å². The second kappa shape index (κ2) is 7.97. The van der Waals surface area contributed by atoms with Gasteiger partial charge in [-0.2, -0.15) is 0 Å². The van der Waals surface area contributed by atoms with Crippen LogP contribution >= 0.6 is 27.5 Å². The highest BCUT2D eigenvalue weighted by Crippen LogP contribution is 2.27. The Morgan fingerprint density at radius 3 is 2.77 bits per heavy atom. The van der Waals surface area contributed by atoms with E-state index < -0.39 is 0 Å². The van der Waals surface area contributed by atoms with Crippen LogP contribution in [0.4, 0.5) is 0 Å². The Kier molecular flexibility index (Phi) is 5.99. The van der Waals surface area contributed by atoms with Crippen LogP contribution in [0.15, 0.2) is 22.7 Å². The van der Waals surface area contributed by atoms with E-state index >= 15 is 0 Å². The summed E-state index contributed by atoms with van der Waals surface area (Å²) in [6.45, 7) is 8.66. The van der Waals surface area contributed by atoms with Gasteiger partial charge in [-0.3, -0.25) is 9.80 Å². The molecule has 2 aliphatic heterocycles. The van der Waals surface area contributed by atoms with Gasteiger partial charge in [0, 0.05) is 50.3 Å². The van der Waals surface area contributed by atoms with Crippen LogP contribution in [-0.4, -0.2) is 68.3 Å². The Bertz CT molecular complexity index is 488. The van der Waals surface area contributed by atoms with Crippen molar-refractivity contribution in [1.29, 1.82) is 0 Å². The first-order chi connectivity index (χ1) is 10.7. The lowest BCUT2D eigenvalue weighted by atomic mass is 10.2. The second-order valence-corrected chi connectivity index (χ2v) is 7.24. The summed E-state index contributed by atoms with van der Waals surface area (Å²) in [6, 6.07) is 6.39. The minimum absolute atomic E-state index is 0.714. The highest BCUT2D eigenvalue weighted by Gasteiger charge is 2.25. The van der Waals surface area contributed by atoms with Gasteiger partial charge >= 0.3 is 0 Å². The first-order valence-corrected chi connectivity index (χ1v) is 9.14. The molecule has 0 aliphatic carbocycles. The smallest absolute Gasteiger partial charge is 0.133 e. The van der Waals surface area contributed by atoms with Crippen LogP contribution < -0.4 is 10.1 Å². The number of halogens is 2. The maximum atomic E-state index is 5.94. The number of hydrogen-bond acceptors (Lipinski definition) is 4. The lowest BCUT2D eigenvalue weighted by Gasteiger charge is -2.37. The van der Waals surface area contributed by atoms with Crippen LogP contribution in [0.2, 0.25) is 5.02 Å². The minimum atomic E-state index is 0.714. The molecular weight excluding hydrogens is 366 g/mol. The molecule has 0 spiro atoms. The molecule has 2 aliphatic rings. The van der Waals surface area contributed by atoms with Crippen molar-refractivity contribution in [3.63, 3.8) is 0 Å². The van der Waals surface area contributed by atoms with Crippen molar-refractivity contribution >= 4 is 27.5 Å². The molecule has 0 saturated carbocycles. The maximum absolute atomic E-state index is 5.94. The number of ether oxygens (including phenoxy) is 1. The molecule has 3 rings (SSSR count). The van der Waals surface area contributed by atoms with Crippen LogP contribution in [0.1, 0.15) is 6.42 Å². The second-order valence-electron chi connectivity index (χ2n) is 5.95. The van der Waals surface area contributed by atoms with Crippen LogP contribution in [-0.2, 0) is 0 Å². The average molecular weight is 389 g/mol. The summed E-state index contributed by atoms with van der Waals surface area (Å²) < 4.78 is 6.77. The summed E-state index contributed by atoms with van der Waals surface area (Å²) in [5.41, 5.74) is 0. The molecule has 1 aromatic carbocycles. The summed E-state index contributed by atoms with van der Waals surface area (Å²) in [6.07, 6.45) is 1.30. The summed E-state index contributed by atoms with van der Waals surface area (Å²) in [7, 11) is 0. The van der Waals surface area contributed by atoms with Crippen molar-refractivity contribution in [2.24, 2.45) is 0 Å². The van der Waals surface area contributed by atoms with Gasteiger partial charge in [0.2, 0.25) is 0 Å². The monoisotopic (exact) mass is 387 g/mol. The molecule has 0 radical (unpaired) electrons. The summed E-state index contributed by atoms with van der Waals surface area (Å²) in [5, 5.41) is 4.17. The molecule has 1 unspecified atom stereocenters. The fraction of sp³-hybridized carbons (Fsp3) is 0.625. The molecule has 1 N–H and O–H groups in total. The lowest BCUT2D eigenvalue weighted by molar-refractivity contribution is 0.0920. The first kappa shape index (κ1) is 16.5. The maximum Gasteiger partial charge on any atom is 0.133 e. The third-order valence-electron chi connectivity index (χ3n) is 4.52. The molecule has 1 atom stereocenters. The predicted molar refractivity (Wildman–Crippen MR) is 93.9 cm³/mol. The van der Waals surface area contributed by atoms with Crippen LogP contribution in [0.3, 0.4) is 0 Å². The number of hydrogen-bond donors (Lipinski definition) is 1. The standard InChI is InChI=1S/C16H23BrClN3O/c17-15-11-13(18)1-2-16(15)22-10-9-20-5-7-21(8-6-20)14-3-4-19-12-14/h1-2,11,14,19H,3-10,12H2. The van der Waals surface area contributed by atoms with Gasteiger partial charge in [0.15, 0.2) is 0 Å². The Balaban J connectivity index is 1.38. The van der Waals surface area contributed by atoms with Crippen molar-refractivity contribution in [3.05, 3.63) is 27.7 Å². The van der Waals surface area contributed by atoms with Crippen LogP contribution in [0.25, 0.3) is 0 Å². The van der Waals surface area contributed by atoms with E-state index in [0.717, 1.165) is 47.5 Å². The van der Waals surface area contributed by atoms with E-state index in [4.69, 9.17) is 16.3 Å². The average Bonchev–Trinajstić information content (AvgIpc) is 3.04. The van der Waals surface area contributed by atoms with Gasteiger partial charge in [-0.25, -0.2) is 0 Å². The minimum Gasteiger partial charge on any atom is -0.491 e. The Hall–Kier alpha value is -0.330. The van der Waals surface area contributed by atoms with Gasteiger partial charge in [0.05, 0.1) is 4.47 Å². The van der Waals surface area contributed by atoms with E-state index in [0.29, 0.717) is 6.61 Å². The summed E-state index contributed by atoms with van der Waals surface area (Å²) >= 11 is 9.42.